The normalized spacial score (nSPS) is 10.8. The van der Waals surface area contributed by atoms with Gasteiger partial charge < -0.3 is 5.32 Å². The third-order valence-electron chi connectivity index (χ3n) is 2.89. The summed E-state index contributed by atoms with van der Waals surface area (Å²) in [6.45, 7) is 5.47. The van der Waals surface area contributed by atoms with Crippen molar-refractivity contribution in [3.8, 4) is 0 Å². The average molecular weight is 245 g/mol. The molecule has 17 heavy (non-hydrogen) atoms. The maximum Gasteiger partial charge on any atom is 0.0375 e. The summed E-state index contributed by atoms with van der Waals surface area (Å²) in [6.07, 6.45) is 1.09. The van der Waals surface area contributed by atoms with Crippen LogP contribution in [0.3, 0.4) is 0 Å². The highest BCUT2D eigenvalue weighted by Gasteiger charge is 2.04. The second-order valence-corrected chi connectivity index (χ2v) is 5.33. The van der Waals surface area contributed by atoms with Gasteiger partial charge in [0.05, 0.1) is 0 Å². The molecule has 0 aliphatic heterocycles. The van der Waals surface area contributed by atoms with Crippen molar-refractivity contribution in [2.45, 2.75) is 26.2 Å². The van der Waals surface area contributed by atoms with E-state index in [-0.39, 0.29) is 0 Å². The van der Waals surface area contributed by atoms with E-state index in [1.54, 1.807) is 11.3 Å². The van der Waals surface area contributed by atoms with Gasteiger partial charge in [0, 0.05) is 12.2 Å². The fourth-order valence-corrected chi connectivity index (χ4v) is 2.64. The predicted molar refractivity (Wildman–Crippen MR) is 77.0 cm³/mol. The number of hydrogen-bond donors (Lipinski definition) is 1. The van der Waals surface area contributed by atoms with Crippen molar-refractivity contribution < 1.29 is 0 Å². The Morgan fingerprint density at radius 1 is 1.18 bits per heavy atom. The average Bonchev–Trinajstić information content (AvgIpc) is 2.82. The van der Waals surface area contributed by atoms with Gasteiger partial charge in [-0.1, -0.05) is 32.0 Å². The standard InChI is InChI=1S/C15H19NS/c1-12(2)14-5-3-4-6-15(14)16-9-7-13-8-10-17-11-13/h3-6,8,10-12,16H,7,9H2,1-2H3. The van der Waals surface area contributed by atoms with Gasteiger partial charge in [-0.15, -0.1) is 0 Å². The van der Waals surface area contributed by atoms with Crippen LogP contribution in [-0.4, -0.2) is 6.54 Å². The molecule has 0 aliphatic carbocycles. The van der Waals surface area contributed by atoms with Gasteiger partial charge in [0.2, 0.25) is 0 Å². The monoisotopic (exact) mass is 245 g/mol. The fourth-order valence-electron chi connectivity index (χ4n) is 1.94. The molecule has 1 N–H and O–H groups in total. The van der Waals surface area contributed by atoms with Gasteiger partial charge >= 0.3 is 0 Å². The lowest BCUT2D eigenvalue weighted by Gasteiger charge is -2.14. The van der Waals surface area contributed by atoms with E-state index < -0.39 is 0 Å². The van der Waals surface area contributed by atoms with E-state index in [1.165, 1.54) is 16.8 Å². The van der Waals surface area contributed by atoms with Gasteiger partial charge in [0.1, 0.15) is 0 Å². The molecule has 0 spiro atoms. The van der Waals surface area contributed by atoms with Crippen LogP contribution in [0.15, 0.2) is 41.1 Å². The van der Waals surface area contributed by atoms with Crippen LogP contribution in [-0.2, 0) is 6.42 Å². The Hall–Kier alpha value is -1.28. The summed E-state index contributed by atoms with van der Waals surface area (Å²) in [6, 6.07) is 10.8. The van der Waals surface area contributed by atoms with Crippen LogP contribution in [0.25, 0.3) is 0 Å². The number of thiophene rings is 1. The summed E-state index contributed by atoms with van der Waals surface area (Å²) in [5, 5.41) is 7.89. The summed E-state index contributed by atoms with van der Waals surface area (Å²) in [7, 11) is 0. The third-order valence-corrected chi connectivity index (χ3v) is 3.62. The number of hydrogen-bond acceptors (Lipinski definition) is 2. The van der Waals surface area contributed by atoms with Crippen molar-refractivity contribution in [1.29, 1.82) is 0 Å². The van der Waals surface area contributed by atoms with Crippen molar-refractivity contribution in [3.05, 3.63) is 52.2 Å². The Morgan fingerprint density at radius 3 is 2.71 bits per heavy atom. The summed E-state index contributed by atoms with van der Waals surface area (Å²) in [5.74, 6) is 0.569. The molecule has 2 aromatic rings. The SMILES string of the molecule is CC(C)c1ccccc1NCCc1ccsc1. The molecule has 90 valence electrons. The molecule has 1 aromatic carbocycles. The zero-order valence-electron chi connectivity index (χ0n) is 10.4. The first kappa shape index (κ1) is 12.2. The van der Waals surface area contributed by atoms with Crippen molar-refractivity contribution in [1.82, 2.24) is 0 Å². The van der Waals surface area contributed by atoms with E-state index in [2.05, 4.69) is 60.3 Å². The highest BCUT2D eigenvalue weighted by Crippen LogP contribution is 2.23. The molecule has 0 saturated carbocycles. The van der Waals surface area contributed by atoms with Crippen LogP contribution in [0.5, 0.6) is 0 Å². The van der Waals surface area contributed by atoms with Crippen molar-refractivity contribution in [3.63, 3.8) is 0 Å². The minimum Gasteiger partial charge on any atom is -0.384 e. The molecule has 1 aromatic heterocycles. The Bertz CT molecular complexity index is 446. The minimum absolute atomic E-state index is 0.569. The Balaban J connectivity index is 1.94. The maximum atomic E-state index is 3.54. The summed E-state index contributed by atoms with van der Waals surface area (Å²) < 4.78 is 0. The highest BCUT2D eigenvalue weighted by molar-refractivity contribution is 7.07. The van der Waals surface area contributed by atoms with E-state index in [0.29, 0.717) is 5.92 Å². The van der Waals surface area contributed by atoms with Gasteiger partial charge in [0.15, 0.2) is 0 Å². The lowest BCUT2D eigenvalue weighted by atomic mass is 10.0. The molecule has 0 atom stereocenters. The molecule has 0 fully saturated rings. The van der Waals surface area contributed by atoms with Crippen molar-refractivity contribution in [2.24, 2.45) is 0 Å². The first-order valence-electron chi connectivity index (χ1n) is 6.11. The van der Waals surface area contributed by atoms with Crippen LogP contribution in [0.4, 0.5) is 5.69 Å². The molecule has 0 saturated heterocycles. The van der Waals surface area contributed by atoms with Gasteiger partial charge in [-0.05, 0) is 46.4 Å². The summed E-state index contributed by atoms with van der Waals surface area (Å²) in [5.41, 5.74) is 4.10. The first-order chi connectivity index (χ1) is 8.27. The molecule has 1 nitrogen and oxygen atoms in total. The van der Waals surface area contributed by atoms with E-state index in [0.717, 1.165) is 13.0 Å². The molecule has 0 unspecified atom stereocenters. The smallest absolute Gasteiger partial charge is 0.0375 e. The minimum atomic E-state index is 0.569. The topological polar surface area (TPSA) is 12.0 Å². The molecular weight excluding hydrogens is 226 g/mol. The van der Waals surface area contributed by atoms with Crippen LogP contribution in [0, 0.1) is 0 Å². The maximum absolute atomic E-state index is 3.54. The lowest BCUT2D eigenvalue weighted by molar-refractivity contribution is 0.864. The molecule has 0 amide bonds. The van der Waals surface area contributed by atoms with Crippen molar-refractivity contribution in [2.75, 3.05) is 11.9 Å². The second-order valence-electron chi connectivity index (χ2n) is 4.55. The van der Waals surface area contributed by atoms with Gasteiger partial charge in [0.25, 0.3) is 0 Å². The number of anilines is 1. The Labute approximate surface area is 108 Å². The lowest BCUT2D eigenvalue weighted by Crippen LogP contribution is -2.07. The zero-order valence-corrected chi connectivity index (χ0v) is 11.3. The van der Waals surface area contributed by atoms with E-state index in [4.69, 9.17) is 0 Å². The first-order valence-corrected chi connectivity index (χ1v) is 7.05. The molecule has 2 heteroatoms. The third kappa shape index (κ3) is 3.34. The van der Waals surface area contributed by atoms with E-state index in [1.807, 2.05) is 0 Å². The van der Waals surface area contributed by atoms with Crippen LogP contribution < -0.4 is 5.32 Å². The molecule has 1 heterocycles. The molecule has 0 aliphatic rings. The highest BCUT2D eigenvalue weighted by atomic mass is 32.1. The number of para-hydroxylation sites is 1. The largest absolute Gasteiger partial charge is 0.384 e. The molecular formula is C15H19NS. The summed E-state index contributed by atoms with van der Waals surface area (Å²) in [4.78, 5) is 0. The number of benzene rings is 1. The van der Waals surface area contributed by atoms with Crippen LogP contribution in [0.2, 0.25) is 0 Å². The van der Waals surface area contributed by atoms with Crippen molar-refractivity contribution >= 4 is 17.0 Å². The molecule has 0 radical (unpaired) electrons. The van der Waals surface area contributed by atoms with E-state index in [9.17, 15) is 0 Å². The van der Waals surface area contributed by atoms with E-state index >= 15 is 0 Å². The fraction of sp³-hybridized carbons (Fsp3) is 0.333. The van der Waals surface area contributed by atoms with Crippen LogP contribution in [0.1, 0.15) is 30.9 Å². The van der Waals surface area contributed by atoms with Gasteiger partial charge in [-0.3, -0.25) is 0 Å². The van der Waals surface area contributed by atoms with Gasteiger partial charge in [-0.25, -0.2) is 0 Å². The summed E-state index contributed by atoms with van der Waals surface area (Å²) >= 11 is 1.77. The van der Waals surface area contributed by atoms with Gasteiger partial charge in [-0.2, -0.15) is 11.3 Å². The molecule has 0 bridgehead atoms. The Morgan fingerprint density at radius 2 is 2.00 bits per heavy atom. The van der Waals surface area contributed by atoms with Crippen LogP contribution >= 0.6 is 11.3 Å². The number of nitrogens with one attached hydrogen (secondary N) is 1. The zero-order chi connectivity index (χ0) is 12.1. The number of rotatable bonds is 5. The predicted octanol–water partition coefficient (Wildman–Crippen LogP) is 4.53. The molecule has 2 rings (SSSR count). The quantitative estimate of drug-likeness (QED) is 0.816. The second kappa shape index (κ2) is 5.87. The Kier molecular flexibility index (Phi) is 4.21.